The van der Waals surface area contributed by atoms with Gasteiger partial charge in [0.25, 0.3) is 0 Å². The summed E-state index contributed by atoms with van der Waals surface area (Å²) in [6.45, 7) is 0.116. The summed E-state index contributed by atoms with van der Waals surface area (Å²) in [6.07, 6.45) is 3.25. The van der Waals surface area contributed by atoms with E-state index in [1.165, 1.54) is 12.1 Å². The van der Waals surface area contributed by atoms with E-state index in [-0.39, 0.29) is 17.9 Å². The maximum Gasteiger partial charge on any atom is 0.248 e. The highest BCUT2D eigenvalue weighted by molar-refractivity contribution is 6.10. The van der Waals surface area contributed by atoms with Gasteiger partial charge in [0.1, 0.15) is 5.82 Å². The molecule has 0 atom stereocenters. The topological polar surface area (TPSA) is 84.1 Å². The minimum Gasteiger partial charge on any atom is -0.397 e. The molecule has 0 bridgehead atoms. The number of allylic oxidation sites excluding steroid dienone is 1. The normalized spacial score (nSPS) is 12.2. The van der Waals surface area contributed by atoms with Gasteiger partial charge in [-0.2, -0.15) is 0 Å². The number of nitrogens with zero attached hydrogens (tertiary/aromatic N) is 2. The van der Waals surface area contributed by atoms with Crippen LogP contribution in [-0.4, -0.2) is 15.7 Å². The van der Waals surface area contributed by atoms with Gasteiger partial charge in [-0.25, -0.2) is 4.39 Å². The lowest BCUT2D eigenvalue weighted by atomic mass is 10.1. The third kappa shape index (κ3) is 4.30. The second kappa shape index (κ2) is 8.02. The van der Waals surface area contributed by atoms with Crippen molar-refractivity contribution >= 4 is 11.4 Å². The van der Waals surface area contributed by atoms with Crippen LogP contribution in [0.2, 0.25) is 0 Å². The maximum absolute atomic E-state index is 13.9. The lowest BCUT2D eigenvalue weighted by molar-refractivity contribution is 0.611. The van der Waals surface area contributed by atoms with Crippen LogP contribution in [0.15, 0.2) is 82.7 Å². The third-order valence-corrected chi connectivity index (χ3v) is 3.67. The summed E-state index contributed by atoms with van der Waals surface area (Å²) in [4.78, 5) is 23.0. The minimum atomic E-state index is -0.334. The summed E-state index contributed by atoms with van der Waals surface area (Å²) in [5.74, 6) is -0.334. The van der Waals surface area contributed by atoms with Gasteiger partial charge in [0.05, 0.1) is 29.3 Å². The molecule has 0 aliphatic carbocycles. The summed E-state index contributed by atoms with van der Waals surface area (Å²) >= 11 is 0. The zero-order chi connectivity index (χ0) is 18.4. The molecule has 3 rings (SSSR count). The molecular weight excluding hydrogens is 331 g/mol. The lowest BCUT2D eigenvalue weighted by Crippen LogP contribution is -2.12. The second-order valence-corrected chi connectivity index (χ2v) is 5.54. The number of hydrogen-bond donors (Lipinski definition) is 2. The molecule has 3 aromatic rings. The average Bonchev–Trinajstić information content (AvgIpc) is 2.67. The van der Waals surface area contributed by atoms with Crippen LogP contribution < -0.4 is 11.3 Å². The van der Waals surface area contributed by atoms with Crippen molar-refractivity contribution in [2.45, 2.75) is 6.54 Å². The largest absolute Gasteiger partial charge is 0.397 e. The molecule has 0 saturated carbocycles. The molecule has 0 fully saturated rings. The van der Waals surface area contributed by atoms with E-state index < -0.39 is 0 Å². The zero-order valence-electron chi connectivity index (χ0n) is 13.9. The molecule has 0 saturated heterocycles. The Morgan fingerprint density at radius 2 is 1.92 bits per heavy atom. The van der Waals surface area contributed by atoms with E-state index >= 15 is 0 Å². The van der Waals surface area contributed by atoms with Crippen LogP contribution in [0.3, 0.4) is 0 Å². The number of aromatic nitrogens is 2. The molecule has 0 spiro atoms. The lowest BCUT2D eigenvalue weighted by Gasteiger charge is -2.06. The van der Waals surface area contributed by atoms with Crippen LogP contribution in [0, 0.1) is 5.82 Å². The molecule has 2 heterocycles. The maximum atomic E-state index is 13.9. The van der Waals surface area contributed by atoms with Gasteiger partial charge < -0.3 is 10.7 Å². The number of nitrogens with two attached hydrogens (primary N) is 1. The molecule has 0 amide bonds. The zero-order valence-corrected chi connectivity index (χ0v) is 13.9. The van der Waals surface area contributed by atoms with Crippen LogP contribution in [0.25, 0.3) is 5.70 Å². The summed E-state index contributed by atoms with van der Waals surface area (Å²) < 4.78 is 13.9. The monoisotopic (exact) mass is 348 g/mol. The Bertz CT molecular complexity index is 1010. The van der Waals surface area contributed by atoms with E-state index in [4.69, 9.17) is 5.73 Å². The summed E-state index contributed by atoms with van der Waals surface area (Å²) in [5.41, 5.74) is 8.23. The van der Waals surface area contributed by atoms with Gasteiger partial charge in [-0.05, 0) is 30.3 Å². The molecule has 130 valence electrons. The van der Waals surface area contributed by atoms with Crippen molar-refractivity contribution in [3.05, 3.63) is 106 Å². The highest BCUT2D eigenvalue weighted by Gasteiger charge is 2.06. The Morgan fingerprint density at radius 1 is 1.12 bits per heavy atom. The predicted octanol–water partition coefficient (Wildman–Crippen LogP) is 2.90. The number of H-pyrrole nitrogens is 1. The molecule has 1 aromatic carbocycles. The van der Waals surface area contributed by atoms with Crippen LogP contribution in [-0.2, 0) is 6.54 Å². The fourth-order valence-electron chi connectivity index (χ4n) is 2.36. The van der Waals surface area contributed by atoms with Crippen molar-refractivity contribution in [3.63, 3.8) is 0 Å². The summed E-state index contributed by atoms with van der Waals surface area (Å²) in [6, 6.07) is 16.5. The fourth-order valence-corrected chi connectivity index (χ4v) is 2.36. The Balaban J connectivity index is 2.01. The molecular formula is C20H17FN4O. The fraction of sp³-hybridized carbons (Fsp3) is 0.0500. The van der Waals surface area contributed by atoms with Crippen molar-refractivity contribution in [1.82, 2.24) is 9.97 Å². The first kappa shape index (κ1) is 17.3. The number of aliphatic imine (C=N–C) groups is 1. The molecule has 5 nitrogen and oxygen atoms in total. The third-order valence-electron chi connectivity index (χ3n) is 3.67. The number of nitrogens with one attached hydrogen (secondary N) is 1. The molecule has 3 N–H and O–H groups in total. The molecule has 0 unspecified atom stereocenters. The van der Waals surface area contributed by atoms with Gasteiger partial charge in [0.2, 0.25) is 5.56 Å². The molecule has 0 radical (unpaired) electrons. The van der Waals surface area contributed by atoms with Crippen molar-refractivity contribution in [2.24, 2.45) is 10.7 Å². The summed E-state index contributed by atoms with van der Waals surface area (Å²) in [5, 5.41) is 0. The minimum absolute atomic E-state index is 0.116. The molecule has 26 heavy (non-hydrogen) atoms. The van der Waals surface area contributed by atoms with Crippen LogP contribution in [0.4, 0.5) is 4.39 Å². The highest BCUT2D eigenvalue weighted by Crippen LogP contribution is 2.11. The van der Waals surface area contributed by atoms with Gasteiger partial charge in [-0.3, -0.25) is 14.8 Å². The number of aromatic amines is 1. The number of rotatable bonds is 5. The van der Waals surface area contributed by atoms with Gasteiger partial charge in [-0.15, -0.1) is 0 Å². The molecule has 0 aliphatic rings. The molecule has 0 aliphatic heterocycles. The van der Waals surface area contributed by atoms with Crippen molar-refractivity contribution < 1.29 is 4.39 Å². The highest BCUT2D eigenvalue weighted by atomic mass is 19.1. The predicted molar refractivity (Wildman–Crippen MR) is 100 cm³/mol. The SMILES string of the molecule is NC(=CC(=NCc1ccccc1F)c1cccc(=O)[nH]1)c1ccccn1. The Morgan fingerprint density at radius 3 is 2.65 bits per heavy atom. The first-order valence-corrected chi connectivity index (χ1v) is 7.99. The first-order valence-electron chi connectivity index (χ1n) is 7.99. The standard InChI is InChI=1S/C20H17FN4O/c21-15-7-2-1-6-14(15)13-24-19(18-9-5-10-20(26)25-18)12-16(22)17-8-3-4-11-23-17/h1-12H,13,22H2,(H,25,26). The van der Waals surface area contributed by atoms with Gasteiger partial charge in [-0.1, -0.05) is 30.3 Å². The average molecular weight is 348 g/mol. The second-order valence-electron chi connectivity index (χ2n) is 5.54. The number of pyridine rings is 2. The Hall–Kier alpha value is -3.54. The smallest absolute Gasteiger partial charge is 0.248 e. The molecule has 2 aromatic heterocycles. The van der Waals surface area contributed by atoms with E-state index in [2.05, 4.69) is 15.0 Å². The van der Waals surface area contributed by atoms with Gasteiger partial charge in [0.15, 0.2) is 0 Å². The van der Waals surface area contributed by atoms with Gasteiger partial charge >= 0.3 is 0 Å². The van der Waals surface area contributed by atoms with E-state index in [9.17, 15) is 9.18 Å². The van der Waals surface area contributed by atoms with E-state index in [0.717, 1.165) is 0 Å². The number of hydrogen-bond acceptors (Lipinski definition) is 4. The van der Waals surface area contributed by atoms with Crippen molar-refractivity contribution in [3.8, 4) is 0 Å². The number of halogens is 1. The van der Waals surface area contributed by atoms with Crippen LogP contribution >= 0.6 is 0 Å². The quantitative estimate of drug-likeness (QED) is 0.695. The Kier molecular flexibility index (Phi) is 5.34. The van der Waals surface area contributed by atoms with Crippen LogP contribution in [0.5, 0.6) is 0 Å². The Labute approximate surface area is 149 Å². The van der Waals surface area contributed by atoms with Crippen molar-refractivity contribution in [1.29, 1.82) is 0 Å². The summed E-state index contributed by atoms with van der Waals surface area (Å²) in [7, 11) is 0. The van der Waals surface area contributed by atoms with E-state index in [1.807, 2.05) is 6.07 Å². The first-order chi connectivity index (χ1) is 12.6. The number of benzene rings is 1. The van der Waals surface area contributed by atoms with Crippen LogP contribution in [0.1, 0.15) is 17.0 Å². The van der Waals surface area contributed by atoms with Gasteiger partial charge in [0, 0.05) is 17.8 Å². The van der Waals surface area contributed by atoms with E-state index in [1.54, 1.807) is 54.7 Å². The molecule has 6 heteroatoms. The van der Waals surface area contributed by atoms with Crippen molar-refractivity contribution in [2.75, 3.05) is 0 Å². The van der Waals surface area contributed by atoms with E-state index in [0.29, 0.717) is 28.4 Å².